The highest BCUT2D eigenvalue weighted by atomic mass is 79.9. The molecule has 0 heterocycles. The third-order valence-corrected chi connectivity index (χ3v) is 3.41. The van der Waals surface area contributed by atoms with Gasteiger partial charge in [0.05, 0.1) is 0 Å². The van der Waals surface area contributed by atoms with Crippen LogP contribution in [0.15, 0.2) is 59.1 Å². The minimum atomic E-state index is 0.340. The van der Waals surface area contributed by atoms with Crippen molar-refractivity contribution in [2.75, 3.05) is 13.2 Å². The lowest BCUT2D eigenvalue weighted by Gasteiger charge is -2.14. The fourth-order valence-electron chi connectivity index (χ4n) is 1.86. The van der Waals surface area contributed by atoms with Crippen LogP contribution in [0.25, 0.3) is 0 Å². The molecule has 100 valence electrons. The Morgan fingerprint density at radius 3 is 2.63 bits per heavy atom. The van der Waals surface area contributed by atoms with Gasteiger partial charge in [0.2, 0.25) is 0 Å². The molecule has 0 aromatic heterocycles. The van der Waals surface area contributed by atoms with E-state index in [2.05, 4.69) is 52.4 Å². The Morgan fingerprint density at radius 2 is 1.89 bits per heavy atom. The van der Waals surface area contributed by atoms with Crippen LogP contribution in [0.1, 0.15) is 18.5 Å². The third kappa shape index (κ3) is 4.69. The predicted octanol–water partition coefficient (Wildman–Crippen LogP) is 4.18. The average molecular weight is 320 g/mol. The van der Waals surface area contributed by atoms with Gasteiger partial charge in [0, 0.05) is 17.1 Å². The maximum atomic E-state index is 5.68. The van der Waals surface area contributed by atoms with Crippen LogP contribution in [0.5, 0.6) is 5.75 Å². The van der Waals surface area contributed by atoms with E-state index in [0.717, 1.165) is 16.8 Å². The van der Waals surface area contributed by atoms with Crippen LogP contribution >= 0.6 is 15.9 Å². The smallest absolute Gasteiger partial charge is 0.120 e. The number of benzene rings is 2. The Balaban J connectivity index is 1.72. The zero-order valence-corrected chi connectivity index (χ0v) is 12.6. The summed E-state index contributed by atoms with van der Waals surface area (Å²) in [5.74, 6) is 0.892. The van der Waals surface area contributed by atoms with Crippen molar-refractivity contribution in [3.63, 3.8) is 0 Å². The Labute approximate surface area is 122 Å². The lowest BCUT2D eigenvalue weighted by atomic mass is 10.1. The first-order valence-corrected chi connectivity index (χ1v) is 7.22. The summed E-state index contributed by atoms with van der Waals surface area (Å²) in [5.41, 5.74) is 1.30. The highest BCUT2D eigenvalue weighted by Crippen LogP contribution is 2.17. The van der Waals surface area contributed by atoms with Crippen molar-refractivity contribution >= 4 is 15.9 Å². The van der Waals surface area contributed by atoms with E-state index in [-0.39, 0.29) is 0 Å². The Kier molecular flexibility index (Phi) is 5.43. The molecule has 0 fully saturated rings. The van der Waals surface area contributed by atoms with Crippen LogP contribution in [-0.4, -0.2) is 13.2 Å². The van der Waals surface area contributed by atoms with Gasteiger partial charge in [-0.2, -0.15) is 0 Å². The number of nitrogens with one attached hydrogen (secondary N) is 1. The van der Waals surface area contributed by atoms with Crippen LogP contribution < -0.4 is 10.1 Å². The molecular weight excluding hydrogens is 302 g/mol. The molecule has 2 rings (SSSR count). The Hall–Kier alpha value is -1.32. The lowest BCUT2D eigenvalue weighted by molar-refractivity contribution is 0.307. The minimum Gasteiger partial charge on any atom is -0.492 e. The third-order valence-electron chi connectivity index (χ3n) is 2.92. The molecule has 1 N–H and O–H groups in total. The average Bonchev–Trinajstić information content (AvgIpc) is 2.44. The summed E-state index contributed by atoms with van der Waals surface area (Å²) in [5, 5.41) is 3.45. The molecule has 1 unspecified atom stereocenters. The second-order valence-corrected chi connectivity index (χ2v) is 5.31. The van der Waals surface area contributed by atoms with Crippen LogP contribution in [0, 0.1) is 0 Å². The number of hydrogen-bond acceptors (Lipinski definition) is 2. The standard InChI is InChI=1S/C16H18BrNO/c1-13(14-6-3-2-4-7-14)18-10-11-19-16-9-5-8-15(17)12-16/h2-9,12-13,18H,10-11H2,1H3. The fourth-order valence-corrected chi connectivity index (χ4v) is 2.24. The summed E-state index contributed by atoms with van der Waals surface area (Å²) in [6.45, 7) is 3.64. The summed E-state index contributed by atoms with van der Waals surface area (Å²) in [6, 6.07) is 18.7. The Morgan fingerprint density at radius 1 is 1.11 bits per heavy atom. The minimum absolute atomic E-state index is 0.340. The van der Waals surface area contributed by atoms with E-state index in [0.29, 0.717) is 12.6 Å². The first kappa shape index (κ1) is 14.1. The molecule has 1 atom stereocenters. The maximum Gasteiger partial charge on any atom is 0.120 e. The topological polar surface area (TPSA) is 21.3 Å². The van der Waals surface area contributed by atoms with E-state index in [1.807, 2.05) is 30.3 Å². The second-order valence-electron chi connectivity index (χ2n) is 4.39. The van der Waals surface area contributed by atoms with E-state index >= 15 is 0 Å². The SMILES string of the molecule is CC(NCCOc1cccc(Br)c1)c1ccccc1. The molecule has 0 saturated heterocycles. The molecule has 2 aromatic rings. The normalized spacial score (nSPS) is 12.1. The first-order valence-electron chi connectivity index (χ1n) is 6.42. The van der Waals surface area contributed by atoms with Crippen molar-refractivity contribution in [3.05, 3.63) is 64.6 Å². The molecule has 0 radical (unpaired) electrons. The molecule has 0 amide bonds. The predicted molar refractivity (Wildman–Crippen MR) is 82.5 cm³/mol. The van der Waals surface area contributed by atoms with Gasteiger partial charge in [0.25, 0.3) is 0 Å². The molecule has 0 aliphatic heterocycles. The summed E-state index contributed by atoms with van der Waals surface area (Å²) in [6.07, 6.45) is 0. The molecule has 0 aliphatic carbocycles. The van der Waals surface area contributed by atoms with Crippen LogP contribution in [-0.2, 0) is 0 Å². The van der Waals surface area contributed by atoms with Crippen LogP contribution in [0.2, 0.25) is 0 Å². The fraction of sp³-hybridized carbons (Fsp3) is 0.250. The number of rotatable bonds is 6. The monoisotopic (exact) mass is 319 g/mol. The van der Waals surface area contributed by atoms with Crippen molar-refractivity contribution in [1.29, 1.82) is 0 Å². The van der Waals surface area contributed by atoms with Crippen LogP contribution in [0.4, 0.5) is 0 Å². The zero-order chi connectivity index (χ0) is 13.5. The van der Waals surface area contributed by atoms with Gasteiger partial charge in [-0.15, -0.1) is 0 Å². The molecule has 0 bridgehead atoms. The van der Waals surface area contributed by atoms with E-state index in [4.69, 9.17) is 4.74 Å². The van der Waals surface area contributed by atoms with Crippen molar-refractivity contribution in [3.8, 4) is 5.75 Å². The van der Waals surface area contributed by atoms with E-state index in [1.165, 1.54) is 5.56 Å². The van der Waals surface area contributed by atoms with Gasteiger partial charge in [-0.25, -0.2) is 0 Å². The van der Waals surface area contributed by atoms with Crippen molar-refractivity contribution in [2.45, 2.75) is 13.0 Å². The van der Waals surface area contributed by atoms with Gasteiger partial charge in [0.1, 0.15) is 12.4 Å². The summed E-state index contributed by atoms with van der Waals surface area (Å²) in [7, 11) is 0. The molecule has 2 nitrogen and oxygen atoms in total. The summed E-state index contributed by atoms with van der Waals surface area (Å²) in [4.78, 5) is 0. The molecule has 19 heavy (non-hydrogen) atoms. The second kappa shape index (κ2) is 7.31. The molecule has 0 spiro atoms. The van der Waals surface area contributed by atoms with E-state index in [1.54, 1.807) is 0 Å². The van der Waals surface area contributed by atoms with Crippen molar-refractivity contribution < 1.29 is 4.74 Å². The number of ether oxygens (including phenoxy) is 1. The van der Waals surface area contributed by atoms with Gasteiger partial charge < -0.3 is 10.1 Å². The highest BCUT2D eigenvalue weighted by molar-refractivity contribution is 9.10. The Bertz CT molecular complexity index is 501. The quantitative estimate of drug-likeness (QED) is 0.806. The summed E-state index contributed by atoms with van der Waals surface area (Å²) >= 11 is 3.43. The van der Waals surface area contributed by atoms with Crippen molar-refractivity contribution in [1.82, 2.24) is 5.32 Å². The molecule has 0 aliphatic rings. The van der Waals surface area contributed by atoms with Crippen molar-refractivity contribution in [2.24, 2.45) is 0 Å². The van der Waals surface area contributed by atoms with Gasteiger partial charge in [-0.1, -0.05) is 52.3 Å². The maximum absolute atomic E-state index is 5.68. The van der Waals surface area contributed by atoms with E-state index in [9.17, 15) is 0 Å². The van der Waals surface area contributed by atoms with Crippen LogP contribution in [0.3, 0.4) is 0 Å². The van der Waals surface area contributed by atoms with Gasteiger partial charge in [0.15, 0.2) is 0 Å². The van der Waals surface area contributed by atoms with Gasteiger partial charge in [-0.3, -0.25) is 0 Å². The molecular formula is C16H18BrNO. The van der Waals surface area contributed by atoms with Gasteiger partial charge in [-0.05, 0) is 30.7 Å². The largest absolute Gasteiger partial charge is 0.492 e. The summed E-state index contributed by atoms with van der Waals surface area (Å²) < 4.78 is 6.72. The van der Waals surface area contributed by atoms with E-state index < -0.39 is 0 Å². The lowest BCUT2D eigenvalue weighted by Crippen LogP contribution is -2.24. The number of halogens is 1. The van der Waals surface area contributed by atoms with Gasteiger partial charge >= 0.3 is 0 Å². The molecule has 0 saturated carbocycles. The zero-order valence-electron chi connectivity index (χ0n) is 11.0. The molecule has 3 heteroatoms. The molecule has 2 aromatic carbocycles. The number of hydrogen-bond donors (Lipinski definition) is 1. The first-order chi connectivity index (χ1) is 9.25. The highest BCUT2D eigenvalue weighted by Gasteiger charge is 2.03.